The van der Waals surface area contributed by atoms with Crippen LogP contribution in [0.1, 0.15) is 5.56 Å². The Kier molecular flexibility index (Phi) is 5.74. The maximum absolute atomic E-state index is 14.1. The summed E-state index contributed by atoms with van der Waals surface area (Å²) < 4.78 is 28.6. The van der Waals surface area contributed by atoms with Gasteiger partial charge in [0.2, 0.25) is 0 Å². The summed E-state index contributed by atoms with van der Waals surface area (Å²) in [5, 5.41) is 1.71. The van der Waals surface area contributed by atoms with Gasteiger partial charge in [-0.2, -0.15) is 0 Å². The van der Waals surface area contributed by atoms with Crippen LogP contribution in [0.3, 0.4) is 0 Å². The molecule has 0 unspecified atom stereocenters. The summed E-state index contributed by atoms with van der Waals surface area (Å²) in [5.41, 5.74) is 2.90. The first-order valence-corrected chi connectivity index (χ1v) is 13.0. The molecular formula is C25H17FINO2S. The molecule has 0 N–H and O–H groups in total. The van der Waals surface area contributed by atoms with E-state index in [2.05, 4.69) is 25.2 Å². The second kappa shape index (κ2) is 8.80. The van der Waals surface area contributed by atoms with Crippen molar-refractivity contribution in [2.24, 2.45) is 0 Å². The van der Waals surface area contributed by atoms with E-state index in [9.17, 15) is 4.39 Å². The van der Waals surface area contributed by atoms with Gasteiger partial charge in [-0.1, -0.05) is 48.5 Å². The number of halogens is 2. The molecule has 0 saturated carbocycles. The zero-order chi connectivity index (χ0) is 21.2. The fourth-order valence-electron chi connectivity index (χ4n) is 3.62. The highest BCUT2D eigenvalue weighted by Gasteiger charge is 2.18. The molecule has 6 heteroatoms. The van der Waals surface area contributed by atoms with Crippen LogP contribution in [0, 0.1) is 5.82 Å². The van der Waals surface area contributed by atoms with Gasteiger partial charge < -0.3 is 9.47 Å². The van der Waals surface area contributed by atoms with Crippen LogP contribution >= 0.6 is 30.3 Å². The van der Waals surface area contributed by atoms with Gasteiger partial charge in [0.05, 0.1) is 5.52 Å². The Balaban J connectivity index is 1.68. The molecule has 0 amide bonds. The van der Waals surface area contributed by atoms with Crippen LogP contribution in [0.25, 0.3) is 21.8 Å². The third-order valence-electron chi connectivity index (χ3n) is 5.00. The van der Waals surface area contributed by atoms with Crippen LogP contribution in [-0.4, -0.2) is 3.97 Å². The number of nitrogens with zero attached hydrogens (tertiary/aromatic N) is 1. The molecule has 1 heterocycles. The lowest BCUT2D eigenvalue weighted by Crippen LogP contribution is -1.97. The van der Waals surface area contributed by atoms with E-state index in [0.717, 1.165) is 33.1 Å². The van der Waals surface area contributed by atoms with Crippen molar-refractivity contribution in [3.63, 3.8) is 0 Å². The molecule has 0 aliphatic heterocycles. The van der Waals surface area contributed by atoms with Crippen molar-refractivity contribution < 1.29 is 13.9 Å². The molecule has 4 aromatic carbocycles. The summed E-state index contributed by atoms with van der Waals surface area (Å²) in [5.74, 6) is 1.79. The van der Waals surface area contributed by atoms with Gasteiger partial charge in [-0.3, -0.25) is 3.97 Å². The molecule has 5 aromatic rings. The third kappa shape index (κ3) is 4.09. The van der Waals surface area contributed by atoms with E-state index in [0.29, 0.717) is 18.1 Å². The summed E-state index contributed by atoms with van der Waals surface area (Å²) in [6.07, 6.45) is 0. The molecule has 0 fully saturated rings. The van der Waals surface area contributed by atoms with E-state index in [4.69, 9.17) is 9.47 Å². The quantitative estimate of drug-likeness (QED) is 0.203. The Hall–Kier alpha value is -2.71. The number of aromatic nitrogens is 1. The molecule has 0 aliphatic carbocycles. The summed E-state index contributed by atoms with van der Waals surface area (Å²) in [6.45, 7) is 0.423. The number of fused-ring (bicyclic) bond motifs is 3. The molecule has 0 atom stereocenters. The van der Waals surface area contributed by atoms with E-state index >= 15 is 0 Å². The number of benzene rings is 4. The Morgan fingerprint density at radius 3 is 2.29 bits per heavy atom. The topological polar surface area (TPSA) is 23.4 Å². The normalized spacial score (nSPS) is 11.2. The van der Waals surface area contributed by atoms with Crippen LogP contribution in [-0.2, 0) is 6.61 Å². The van der Waals surface area contributed by atoms with Crippen LogP contribution in [0.5, 0.6) is 17.2 Å². The zero-order valence-electron chi connectivity index (χ0n) is 16.3. The van der Waals surface area contributed by atoms with Crippen LogP contribution in [0.4, 0.5) is 4.39 Å². The molecule has 31 heavy (non-hydrogen) atoms. The van der Waals surface area contributed by atoms with Crippen molar-refractivity contribution >= 4 is 52.1 Å². The molecule has 3 nitrogen and oxygen atoms in total. The van der Waals surface area contributed by atoms with Crippen molar-refractivity contribution in [2.45, 2.75) is 6.61 Å². The van der Waals surface area contributed by atoms with Crippen LogP contribution in [0.15, 0.2) is 91.0 Å². The fraction of sp³-hybridized carbons (Fsp3) is 0.0400. The summed E-state index contributed by atoms with van der Waals surface area (Å²) in [4.78, 5) is 0. The monoisotopic (exact) mass is 541 g/mol. The van der Waals surface area contributed by atoms with Gasteiger partial charge >= 0.3 is 0 Å². The average molecular weight is 541 g/mol. The number of rotatable bonds is 6. The molecule has 1 aromatic heterocycles. The van der Waals surface area contributed by atoms with Gasteiger partial charge in [0.15, 0.2) is 0 Å². The summed E-state index contributed by atoms with van der Waals surface area (Å²) in [6, 6.07) is 28.3. The molecule has 5 rings (SSSR count). The van der Waals surface area contributed by atoms with Crippen molar-refractivity contribution in [1.82, 2.24) is 3.97 Å². The first kappa shape index (κ1) is 20.2. The van der Waals surface area contributed by atoms with Gasteiger partial charge in [-0.05, 0) is 42.0 Å². The predicted octanol–water partition coefficient (Wildman–Crippen LogP) is 8.15. The number of ether oxygens (including phenoxy) is 2. The molecule has 154 valence electrons. The van der Waals surface area contributed by atoms with Crippen molar-refractivity contribution in [3.05, 3.63) is 102 Å². The minimum absolute atomic E-state index is 0.272. The molecule has 0 aliphatic rings. The molecule has 0 radical (unpaired) electrons. The van der Waals surface area contributed by atoms with E-state index in [1.54, 1.807) is 12.1 Å². The van der Waals surface area contributed by atoms with E-state index in [1.165, 1.54) is 15.2 Å². The standard InChI is InChI=1S/C25H17FINO2S/c26-18-11-12-23-21(13-18)22-14-20(30-19-9-5-2-6-10-19)15-24(25(22)28(23)31-27)29-16-17-7-3-1-4-8-17/h1-15H,16H2. The Bertz CT molecular complexity index is 1360. The zero-order valence-corrected chi connectivity index (χ0v) is 19.3. The van der Waals surface area contributed by atoms with Gasteiger partial charge in [-0.25, -0.2) is 4.39 Å². The second-order valence-corrected chi connectivity index (χ2v) is 8.72. The fourth-order valence-corrected chi connectivity index (χ4v) is 5.34. The van der Waals surface area contributed by atoms with Crippen LogP contribution < -0.4 is 9.47 Å². The number of hydrogen-bond donors (Lipinski definition) is 0. The van der Waals surface area contributed by atoms with Crippen molar-refractivity contribution in [1.29, 1.82) is 0 Å². The van der Waals surface area contributed by atoms with E-state index in [-0.39, 0.29) is 5.82 Å². The Labute approximate surface area is 195 Å². The first-order chi connectivity index (χ1) is 15.2. The maximum atomic E-state index is 14.1. The van der Waals surface area contributed by atoms with Gasteiger partial charge in [0, 0.05) is 47.2 Å². The first-order valence-electron chi connectivity index (χ1n) is 9.69. The minimum atomic E-state index is -0.272. The molecule has 0 saturated heterocycles. The Morgan fingerprint density at radius 2 is 1.55 bits per heavy atom. The SMILES string of the molecule is Fc1ccc2c(c1)c1cc(Oc3ccccc3)cc(OCc3ccccc3)c1n2SI. The van der Waals surface area contributed by atoms with Crippen molar-refractivity contribution in [3.8, 4) is 17.2 Å². The lowest BCUT2D eigenvalue weighted by molar-refractivity contribution is 0.308. The summed E-state index contributed by atoms with van der Waals surface area (Å²) >= 11 is 2.24. The third-order valence-corrected chi connectivity index (χ3v) is 6.70. The van der Waals surface area contributed by atoms with E-state index < -0.39 is 0 Å². The predicted molar refractivity (Wildman–Crippen MR) is 134 cm³/mol. The van der Waals surface area contributed by atoms with E-state index in [1.807, 2.05) is 72.8 Å². The van der Waals surface area contributed by atoms with Gasteiger partial charge in [0.1, 0.15) is 35.2 Å². The average Bonchev–Trinajstić information content (AvgIpc) is 3.12. The Morgan fingerprint density at radius 1 is 0.806 bits per heavy atom. The maximum Gasteiger partial charge on any atom is 0.148 e. The highest BCUT2D eigenvalue weighted by molar-refractivity contribution is 14.2. The minimum Gasteiger partial charge on any atom is -0.487 e. The van der Waals surface area contributed by atoms with Crippen molar-refractivity contribution in [2.75, 3.05) is 0 Å². The molecular weight excluding hydrogens is 524 g/mol. The highest BCUT2D eigenvalue weighted by Crippen LogP contribution is 2.43. The van der Waals surface area contributed by atoms with Crippen LogP contribution in [0.2, 0.25) is 0 Å². The van der Waals surface area contributed by atoms with Gasteiger partial charge in [0.25, 0.3) is 0 Å². The number of para-hydroxylation sites is 1. The highest BCUT2D eigenvalue weighted by atomic mass is 127. The summed E-state index contributed by atoms with van der Waals surface area (Å²) in [7, 11) is 1.53. The largest absolute Gasteiger partial charge is 0.487 e. The smallest absolute Gasteiger partial charge is 0.148 e. The molecule has 0 spiro atoms. The second-order valence-electron chi connectivity index (χ2n) is 7.03. The molecule has 0 bridgehead atoms. The lowest BCUT2D eigenvalue weighted by Gasteiger charge is -2.13. The van der Waals surface area contributed by atoms with Gasteiger partial charge in [-0.15, -0.1) is 0 Å². The number of hydrogen-bond acceptors (Lipinski definition) is 3. The lowest BCUT2D eigenvalue weighted by atomic mass is 10.1.